The van der Waals surface area contributed by atoms with Gasteiger partial charge in [-0.25, -0.2) is 0 Å². The molecule has 1 atom stereocenters. The van der Waals surface area contributed by atoms with E-state index in [4.69, 9.17) is 4.74 Å². The largest absolute Gasteiger partial charge is 0.497 e. The maximum absolute atomic E-state index is 5.36. The van der Waals surface area contributed by atoms with E-state index in [2.05, 4.69) is 23.5 Å². The van der Waals surface area contributed by atoms with Crippen molar-refractivity contribution in [3.63, 3.8) is 0 Å². The van der Waals surface area contributed by atoms with Crippen LogP contribution in [0.2, 0.25) is 0 Å². The van der Waals surface area contributed by atoms with Crippen LogP contribution in [0.4, 0.5) is 0 Å². The highest BCUT2D eigenvalue weighted by molar-refractivity contribution is 5.37. The van der Waals surface area contributed by atoms with Crippen molar-refractivity contribution in [2.24, 2.45) is 0 Å². The molecule has 0 amide bonds. The molecule has 0 saturated carbocycles. The van der Waals surface area contributed by atoms with Gasteiger partial charge in [-0.05, 0) is 43.9 Å². The Balaban J connectivity index is 1.84. The van der Waals surface area contributed by atoms with E-state index in [0.29, 0.717) is 6.04 Å². The van der Waals surface area contributed by atoms with Crippen LogP contribution in [0.5, 0.6) is 5.75 Å². The molecule has 3 rings (SSSR count). The fourth-order valence-electron chi connectivity index (χ4n) is 3.68. The number of benzene rings is 1. The number of likely N-dealkylation sites (tertiary alicyclic amines) is 1. The summed E-state index contributed by atoms with van der Waals surface area (Å²) < 4.78 is 5.36. The van der Waals surface area contributed by atoms with Gasteiger partial charge < -0.3 is 15.0 Å². The summed E-state index contributed by atoms with van der Waals surface area (Å²) in [5.41, 5.74) is 3.05. The van der Waals surface area contributed by atoms with Gasteiger partial charge in [0.05, 0.1) is 20.2 Å². The van der Waals surface area contributed by atoms with Gasteiger partial charge in [-0.15, -0.1) is 0 Å². The van der Waals surface area contributed by atoms with Gasteiger partial charge in [0.1, 0.15) is 18.8 Å². The fourth-order valence-corrected chi connectivity index (χ4v) is 3.68. The van der Waals surface area contributed by atoms with Crippen LogP contribution in [0.1, 0.15) is 42.9 Å². The van der Waals surface area contributed by atoms with Crippen molar-refractivity contribution in [2.45, 2.75) is 38.3 Å². The van der Waals surface area contributed by atoms with Gasteiger partial charge >= 0.3 is 0 Å². The summed E-state index contributed by atoms with van der Waals surface area (Å²) in [4.78, 5) is 1.81. The third kappa shape index (κ3) is 2.77. The monoisotopic (exact) mass is 262 g/mol. The maximum atomic E-state index is 5.36. The molecule has 3 heteroatoms. The van der Waals surface area contributed by atoms with Gasteiger partial charge in [0.2, 0.25) is 0 Å². The molecule has 0 radical (unpaired) electrons. The second-order valence-electron chi connectivity index (χ2n) is 5.92. The molecule has 2 heterocycles. The van der Waals surface area contributed by atoms with E-state index < -0.39 is 0 Å². The highest BCUT2D eigenvalue weighted by atomic mass is 16.5. The number of methoxy groups -OCH3 is 1. The number of ether oxygens (including phenoxy) is 1. The predicted molar refractivity (Wildman–Crippen MR) is 75.4 cm³/mol. The van der Waals surface area contributed by atoms with E-state index in [1.54, 1.807) is 17.6 Å². The number of rotatable bonds is 2. The Labute approximate surface area is 115 Å². The molecular formula is C16H26N2O+2. The summed E-state index contributed by atoms with van der Waals surface area (Å²) in [6.45, 7) is 5.05. The fraction of sp³-hybridized carbons (Fsp3) is 0.625. The maximum Gasteiger partial charge on any atom is 0.163 e. The number of nitrogens with two attached hydrogens (primary N) is 1. The third-order valence-corrected chi connectivity index (χ3v) is 4.73. The van der Waals surface area contributed by atoms with E-state index in [1.165, 1.54) is 50.9 Å². The highest BCUT2D eigenvalue weighted by Gasteiger charge is 2.31. The van der Waals surface area contributed by atoms with Crippen LogP contribution in [0.15, 0.2) is 18.2 Å². The van der Waals surface area contributed by atoms with Crippen LogP contribution < -0.4 is 15.0 Å². The molecule has 1 aromatic carbocycles. The van der Waals surface area contributed by atoms with Crippen molar-refractivity contribution in [1.82, 2.24) is 0 Å². The molecule has 19 heavy (non-hydrogen) atoms. The van der Waals surface area contributed by atoms with Gasteiger partial charge in [-0.3, -0.25) is 0 Å². The summed E-state index contributed by atoms with van der Waals surface area (Å²) >= 11 is 0. The third-order valence-electron chi connectivity index (χ3n) is 4.73. The van der Waals surface area contributed by atoms with E-state index in [0.717, 1.165) is 12.3 Å². The molecule has 2 aliphatic heterocycles. The van der Waals surface area contributed by atoms with E-state index in [9.17, 15) is 0 Å². The lowest BCUT2D eigenvalue weighted by atomic mass is 9.95. The topological polar surface area (TPSA) is 30.3 Å². The molecule has 0 aliphatic carbocycles. The highest BCUT2D eigenvalue weighted by Crippen LogP contribution is 2.23. The SMILES string of the molecule is COc1ccc2c(c1)C[NH2+]C[C@H]2[NH+]1CCCCCC1. The van der Waals surface area contributed by atoms with Gasteiger partial charge in [-0.1, -0.05) is 0 Å². The Bertz CT molecular complexity index is 425. The Morgan fingerprint density at radius 1 is 1.16 bits per heavy atom. The van der Waals surface area contributed by atoms with E-state index >= 15 is 0 Å². The van der Waals surface area contributed by atoms with E-state index in [1.807, 2.05) is 0 Å². The van der Waals surface area contributed by atoms with Crippen molar-refractivity contribution in [3.05, 3.63) is 29.3 Å². The summed E-state index contributed by atoms with van der Waals surface area (Å²) in [6, 6.07) is 7.36. The van der Waals surface area contributed by atoms with Gasteiger partial charge in [-0.2, -0.15) is 0 Å². The molecule has 104 valence electrons. The number of nitrogens with one attached hydrogen (secondary N) is 1. The molecule has 1 fully saturated rings. The minimum atomic E-state index is 0.688. The number of hydrogen-bond donors (Lipinski definition) is 2. The Hall–Kier alpha value is -1.06. The zero-order valence-electron chi connectivity index (χ0n) is 12.0. The summed E-state index contributed by atoms with van der Waals surface area (Å²) in [5.74, 6) is 0.999. The molecule has 3 nitrogen and oxygen atoms in total. The van der Waals surface area contributed by atoms with E-state index in [-0.39, 0.29) is 0 Å². The lowest BCUT2D eigenvalue weighted by Crippen LogP contribution is -3.15. The van der Waals surface area contributed by atoms with Crippen molar-refractivity contribution < 1.29 is 15.0 Å². The molecule has 2 aliphatic rings. The lowest BCUT2D eigenvalue weighted by molar-refractivity contribution is -0.947. The summed E-state index contributed by atoms with van der Waals surface area (Å²) in [7, 11) is 1.76. The average molecular weight is 262 g/mol. The molecule has 0 unspecified atom stereocenters. The van der Waals surface area contributed by atoms with Crippen molar-refractivity contribution >= 4 is 0 Å². The second kappa shape index (κ2) is 5.93. The standard InChI is InChI=1S/C16H24N2O/c1-19-14-6-7-15-13(10-14)11-17-12-16(15)18-8-4-2-3-5-9-18/h6-7,10,16-17H,2-5,8-9,11-12H2,1H3/p+2/t16-/m1/s1. The van der Waals surface area contributed by atoms with Crippen LogP contribution in [0, 0.1) is 0 Å². The zero-order valence-corrected chi connectivity index (χ0v) is 12.0. The first-order valence-electron chi connectivity index (χ1n) is 7.71. The number of hydrogen-bond acceptors (Lipinski definition) is 1. The van der Waals surface area contributed by atoms with Crippen molar-refractivity contribution in [1.29, 1.82) is 0 Å². The first-order valence-corrected chi connectivity index (χ1v) is 7.71. The predicted octanol–water partition coefficient (Wildman–Crippen LogP) is 0.272. The Morgan fingerprint density at radius 2 is 1.95 bits per heavy atom. The Kier molecular flexibility index (Phi) is 4.04. The first-order chi connectivity index (χ1) is 9.38. The Morgan fingerprint density at radius 3 is 2.68 bits per heavy atom. The first kappa shape index (κ1) is 12.9. The lowest BCUT2D eigenvalue weighted by Gasteiger charge is -2.31. The van der Waals surface area contributed by atoms with Crippen LogP contribution in [0.25, 0.3) is 0 Å². The van der Waals surface area contributed by atoms with Gasteiger partial charge in [0.15, 0.2) is 6.04 Å². The van der Waals surface area contributed by atoms with Crippen LogP contribution in [0.3, 0.4) is 0 Å². The summed E-state index contributed by atoms with van der Waals surface area (Å²) in [6.07, 6.45) is 5.65. The minimum Gasteiger partial charge on any atom is -0.497 e. The number of fused-ring (bicyclic) bond motifs is 1. The normalized spacial score (nSPS) is 24.6. The minimum absolute atomic E-state index is 0.688. The second-order valence-corrected chi connectivity index (χ2v) is 5.92. The van der Waals surface area contributed by atoms with Crippen molar-refractivity contribution in [2.75, 3.05) is 26.7 Å². The smallest absolute Gasteiger partial charge is 0.163 e. The molecular weight excluding hydrogens is 236 g/mol. The molecule has 0 aromatic heterocycles. The summed E-state index contributed by atoms with van der Waals surface area (Å²) in [5, 5.41) is 2.46. The molecule has 3 N–H and O–H groups in total. The molecule has 1 saturated heterocycles. The molecule has 0 bridgehead atoms. The van der Waals surface area contributed by atoms with Crippen LogP contribution in [-0.2, 0) is 6.54 Å². The molecule has 0 spiro atoms. The molecule has 1 aromatic rings. The zero-order chi connectivity index (χ0) is 13.1. The van der Waals surface area contributed by atoms with Gasteiger partial charge in [0, 0.05) is 11.1 Å². The average Bonchev–Trinajstić information content (AvgIpc) is 2.75. The van der Waals surface area contributed by atoms with Crippen LogP contribution in [-0.4, -0.2) is 26.7 Å². The van der Waals surface area contributed by atoms with Gasteiger partial charge in [0.25, 0.3) is 0 Å². The van der Waals surface area contributed by atoms with Crippen molar-refractivity contribution in [3.8, 4) is 5.75 Å². The van der Waals surface area contributed by atoms with Crippen LogP contribution >= 0.6 is 0 Å². The number of quaternary nitrogens is 2. The quantitative estimate of drug-likeness (QED) is 0.787.